The SMILES string of the molecule is CC(C)(C)OC(=O)CCOCCOCCN.Cc1cncn1-c1cc(C(=O)Nc2cccc(CCc3ccc4c(C(=O)C[C@@H](C)C(=O)NCCOCCOCCC(=O)OC(C)(C)C)n[nH]c4c3)c2)cc(C(F)(F)F)c1.Cc1cncn1-c1cc(C(=O)Nc2cccc(CCc3ccc4c(C(=O)C[C@@H](C)C(=O)O)n[nH]c4c3)c2)cc(C(F)(F)F)c1. The number of nitrogens with two attached hydrogens (primary N) is 1. The van der Waals surface area contributed by atoms with Gasteiger partial charge in [-0.1, -0.05) is 62.4 Å². The Morgan fingerprint density at radius 2 is 0.891 bits per heavy atom. The number of amides is 3. The molecule has 0 saturated heterocycles. The van der Waals surface area contributed by atoms with Crippen molar-refractivity contribution in [3.8, 4) is 11.4 Å². The number of halogens is 6. The van der Waals surface area contributed by atoms with Crippen LogP contribution in [0.4, 0.5) is 37.7 Å². The van der Waals surface area contributed by atoms with Crippen LogP contribution in [0.15, 0.2) is 146 Å². The summed E-state index contributed by atoms with van der Waals surface area (Å²) in [5, 5.41) is 32.7. The van der Waals surface area contributed by atoms with Gasteiger partial charge in [0.1, 0.15) is 22.6 Å². The van der Waals surface area contributed by atoms with Crippen LogP contribution in [0.1, 0.15) is 168 Å². The molecule has 0 saturated carbocycles. The van der Waals surface area contributed by atoms with Crippen molar-refractivity contribution in [3.05, 3.63) is 214 Å². The molecule has 119 heavy (non-hydrogen) atoms. The van der Waals surface area contributed by atoms with Gasteiger partial charge in [-0.2, -0.15) is 36.5 Å². The predicted molar refractivity (Wildman–Crippen MR) is 433 cm³/mol. The van der Waals surface area contributed by atoms with E-state index in [0.717, 1.165) is 46.5 Å². The molecule has 0 radical (unpaired) electrons. The molecule has 8 N–H and O–H groups in total. The first-order valence-corrected chi connectivity index (χ1v) is 38.5. The van der Waals surface area contributed by atoms with E-state index < -0.39 is 64.3 Å². The van der Waals surface area contributed by atoms with Crippen LogP contribution in [0.3, 0.4) is 0 Å². The number of aromatic nitrogens is 8. The molecule has 27 nitrogen and oxygen atoms in total. The van der Waals surface area contributed by atoms with Crippen molar-refractivity contribution in [1.29, 1.82) is 0 Å². The first-order valence-electron chi connectivity index (χ1n) is 38.5. The number of esters is 2. The number of nitrogens with zero attached hydrogens (tertiary/aromatic N) is 6. The van der Waals surface area contributed by atoms with Gasteiger partial charge in [0, 0.05) is 100 Å². The summed E-state index contributed by atoms with van der Waals surface area (Å²) in [7, 11) is 0. The van der Waals surface area contributed by atoms with Crippen LogP contribution in [0.5, 0.6) is 0 Å². The molecular weight excluding hydrogens is 1560 g/mol. The molecule has 0 bridgehead atoms. The lowest BCUT2D eigenvalue weighted by Crippen LogP contribution is -2.33. The van der Waals surface area contributed by atoms with Gasteiger partial charge in [-0.25, -0.2) is 9.97 Å². The molecule has 0 aliphatic carbocycles. The highest BCUT2D eigenvalue weighted by Gasteiger charge is 2.34. The molecule has 0 unspecified atom stereocenters. The van der Waals surface area contributed by atoms with Crippen molar-refractivity contribution in [3.63, 3.8) is 0 Å². The van der Waals surface area contributed by atoms with E-state index in [1.54, 1.807) is 84.0 Å². The van der Waals surface area contributed by atoms with Crippen LogP contribution in [0.2, 0.25) is 0 Å². The molecule has 636 valence electrons. The number of Topliss-reactive ketones (excluding diaryl/α,β-unsaturated/α-hetero) is 2. The number of aryl methyl sites for hydroxylation is 6. The Hall–Kier alpha value is -11.8. The molecule has 10 aromatic rings. The lowest BCUT2D eigenvalue weighted by Gasteiger charge is -2.19. The second kappa shape index (κ2) is 43.1. The topological polar surface area (TPSA) is 367 Å². The van der Waals surface area contributed by atoms with E-state index in [1.165, 1.54) is 53.2 Å². The van der Waals surface area contributed by atoms with Gasteiger partial charge in [-0.15, -0.1) is 0 Å². The zero-order valence-electron chi connectivity index (χ0n) is 67.9. The number of rotatable bonds is 37. The smallest absolute Gasteiger partial charge is 0.416 e. The number of benzene rings is 6. The van der Waals surface area contributed by atoms with Crippen LogP contribution >= 0.6 is 0 Å². The fourth-order valence-electron chi connectivity index (χ4n) is 12.0. The van der Waals surface area contributed by atoms with Crippen LogP contribution in [-0.4, -0.2) is 169 Å². The maximum atomic E-state index is 13.8. The number of ketones is 2. The van der Waals surface area contributed by atoms with Crippen LogP contribution < -0.4 is 21.7 Å². The second-order valence-corrected chi connectivity index (χ2v) is 30.2. The van der Waals surface area contributed by atoms with E-state index in [0.29, 0.717) is 116 Å². The largest absolute Gasteiger partial charge is 0.481 e. The van der Waals surface area contributed by atoms with Crippen LogP contribution in [-0.2, 0) is 85.6 Å². The number of alkyl halides is 6. The lowest BCUT2D eigenvalue weighted by atomic mass is 9.99. The first kappa shape index (κ1) is 92.7. The Balaban J connectivity index is 0.000000257. The van der Waals surface area contributed by atoms with Gasteiger partial charge in [0.05, 0.1) is 106 Å². The molecule has 33 heteroatoms. The number of ether oxygens (including phenoxy) is 6. The molecule has 3 amide bonds. The number of aliphatic carboxylic acids is 1. The summed E-state index contributed by atoms with van der Waals surface area (Å²) < 4.78 is 117. The number of carbonyl (C=O) groups excluding carboxylic acids is 7. The molecule has 6 aromatic carbocycles. The van der Waals surface area contributed by atoms with Crippen molar-refractivity contribution in [2.45, 2.75) is 144 Å². The summed E-state index contributed by atoms with van der Waals surface area (Å²) in [4.78, 5) is 107. The summed E-state index contributed by atoms with van der Waals surface area (Å²) >= 11 is 0. The Labute approximate surface area is 683 Å². The van der Waals surface area contributed by atoms with Crippen molar-refractivity contribution >= 4 is 80.4 Å². The van der Waals surface area contributed by atoms with Crippen molar-refractivity contribution < 1.29 is 98.2 Å². The number of hydrogen-bond acceptors (Lipinski definition) is 19. The van der Waals surface area contributed by atoms with E-state index in [4.69, 9.17) is 39.3 Å². The quantitative estimate of drug-likeness (QED) is 0.00823. The number of anilines is 2. The average Bonchev–Trinajstić information content (AvgIpc) is 1.79. The first-order chi connectivity index (χ1) is 56.3. The summed E-state index contributed by atoms with van der Waals surface area (Å²) in [6.45, 7) is 21.2. The highest BCUT2D eigenvalue weighted by atomic mass is 19.4. The van der Waals surface area contributed by atoms with Gasteiger partial charge in [0.15, 0.2) is 11.6 Å². The molecule has 2 atom stereocenters. The van der Waals surface area contributed by atoms with Crippen molar-refractivity contribution in [2.75, 3.05) is 76.6 Å². The Bertz CT molecular complexity index is 5130. The number of imidazole rings is 2. The molecule has 4 heterocycles. The summed E-state index contributed by atoms with van der Waals surface area (Å²) in [6, 6.07) is 31.7. The lowest BCUT2D eigenvalue weighted by molar-refractivity contribution is -0.157. The van der Waals surface area contributed by atoms with Crippen molar-refractivity contribution in [1.82, 2.24) is 44.8 Å². The van der Waals surface area contributed by atoms with Crippen molar-refractivity contribution in [2.24, 2.45) is 17.6 Å². The monoisotopic (exact) mass is 1650 g/mol. The minimum atomic E-state index is -4.66. The maximum absolute atomic E-state index is 13.8. The summed E-state index contributed by atoms with van der Waals surface area (Å²) in [5.74, 6) is -5.31. The third-order valence-corrected chi connectivity index (χ3v) is 17.9. The molecule has 0 aliphatic heterocycles. The average molecular weight is 1660 g/mol. The van der Waals surface area contributed by atoms with Gasteiger partial charge >= 0.3 is 30.3 Å². The van der Waals surface area contributed by atoms with Gasteiger partial charge in [-0.05, 0) is 176 Å². The van der Waals surface area contributed by atoms with E-state index in [2.05, 4.69) is 46.3 Å². The van der Waals surface area contributed by atoms with Gasteiger partial charge in [0.2, 0.25) is 5.91 Å². The fourth-order valence-corrected chi connectivity index (χ4v) is 12.0. The number of carboxylic acids is 1. The van der Waals surface area contributed by atoms with E-state index in [-0.39, 0.29) is 109 Å². The zero-order valence-corrected chi connectivity index (χ0v) is 67.9. The standard InChI is InChI=1S/C43H49F3N6O7.C32H28F3N5O4.C11H23NO4/c1-27(40(55)48-14-16-58-18-17-57-15-13-38(54)59-42(3,4)5)19-37(53)39-35-12-11-30(21-36(35)50-51-39)10-9-29-7-6-8-33(20-29)49-41(56)31-22-32(43(44,45)46)24-34(23-31)52-26-47-25-28(52)2;1-18(31(43)44)10-28(41)29-26-9-8-21(12-27(26)38-39-29)7-6-20-4-3-5-24(11-20)37-30(42)22-13-23(32(33,34)35)15-25(14-22)40-17-36-16-19(40)2;1-11(2,3)16-10(13)4-6-14-8-9-15-7-5-12/h6-8,11-12,20-27H,9-10,13-19H2,1-5H3,(H,48,55)(H,49,56)(H,50,51);3-5,8-9,11-18H,6-7,10H2,1-2H3,(H,37,42)(H,38,39)(H,43,44);4-9,12H2,1-3H3/t27-;18-;/m11./s1. The maximum Gasteiger partial charge on any atom is 0.416 e. The third-order valence-electron chi connectivity index (χ3n) is 17.9. The number of aromatic amines is 2. The molecular formula is C86H100F6N12O15. The highest BCUT2D eigenvalue weighted by molar-refractivity contribution is 6.08. The number of hydrogen-bond donors (Lipinski definition) is 7. The molecule has 0 spiro atoms. The number of H-pyrrole nitrogens is 2. The Kier molecular flexibility index (Phi) is 33.6. The van der Waals surface area contributed by atoms with Crippen LogP contribution in [0.25, 0.3) is 33.2 Å². The number of carbonyl (C=O) groups is 8. The van der Waals surface area contributed by atoms with E-state index in [9.17, 15) is 64.7 Å². The molecule has 0 aliphatic rings. The molecule has 4 aromatic heterocycles. The summed E-state index contributed by atoms with van der Waals surface area (Å²) in [6.07, 6.45) is -0.835. The highest BCUT2D eigenvalue weighted by Crippen LogP contribution is 2.35. The summed E-state index contributed by atoms with van der Waals surface area (Å²) in [5.41, 5.74) is 10.0. The normalized spacial score (nSPS) is 12.2. The Morgan fingerprint density at radius 1 is 0.496 bits per heavy atom. The van der Waals surface area contributed by atoms with Gasteiger partial charge in [0.25, 0.3) is 11.8 Å². The second-order valence-electron chi connectivity index (χ2n) is 30.2. The fraction of sp³-hybridized carbons (Fsp3) is 0.395. The van der Waals surface area contributed by atoms with E-state index in [1.807, 2.05) is 63.2 Å². The molecule has 0 fully saturated rings. The zero-order chi connectivity index (χ0) is 86.8. The van der Waals surface area contributed by atoms with Gasteiger partial charge < -0.3 is 64.3 Å². The third kappa shape index (κ3) is 29.7. The number of fused-ring (bicyclic) bond motifs is 2. The Morgan fingerprint density at radius 3 is 1.27 bits per heavy atom. The number of carboxylic acid groups (broad SMARTS) is 1. The minimum absolute atomic E-state index is 0.0357. The molecule has 10 rings (SSSR count). The number of nitrogens with one attached hydrogen (secondary N) is 5. The van der Waals surface area contributed by atoms with Crippen LogP contribution in [0, 0.1) is 25.7 Å². The van der Waals surface area contributed by atoms with Gasteiger partial charge in [-0.3, -0.25) is 48.6 Å². The van der Waals surface area contributed by atoms with E-state index >= 15 is 0 Å². The minimum Gasteiger partial charge on any atom is -0.481 e. The predicted octanol–water partition coefficient (Wildman–Crippen LogP) is 14.3.